The average Bonchev–Trinajstić information content (AvgIpc) is 2.51. The van der Waals surface area contributed by atoms with Crippen molar-refractivity contribution in [2.45, 2.75) is 84.3 Å². The molecule has 0 saturated heterocycles. The molecule has 1 aliphatic carbocycles. The number of fused-ring (bicyclic) bond motifs is 1. The van der Waals surface area contributed by atoms with Crippen molar-refractivity contribution in [3.05, 3.63) is 28.3 Å². The highest BCUT2D eigenvalue weighted by Crippen LogP contribution is 2.63. The maximum atomic E-state index is 12.5. The summed E-state index contributed by atoms with van der Waals surface area (Å²) in [5, 5.41) is 11.1. The van der Waals surface area contributed by atoms with Crippen LogP contribution < -0.4 is 9.47 Å². The number of hydrogen-bond donors (Lipinski definition) is 1. The Hall–Kier alpha value is -1.97. The Morgan fingerprint density at radius 2 is 1.89 bits per heavy atom. The molecule has 0 aromatic heterocycles. The van der Waals surface area contributed by atoms with E-state index in [2.05, 4.69) is 26.8 Å². The first-order valence-electron chi connectivity index (χ1n) is 9.98. The highest BCUT2D eigenvalue weighted by atomic mass is 16.5. The topological polar surface area (TPSA) is 55.8 Å². The molecular weight excluding hydrogens is 340 g/mol. The van der Waals surface area contributed by atoms with Crippen molar-refractivity contribution in [1.29, 1.82) is 0 Å². The van der Waals surface area contributed by atoms with Crippen LogP contribution in [0.2, 0.25) is 0 Å². The van der Waals surface area contributed by atoms with Crippen molar-refractivity contribution in [1.82, 2.24) is 0 Å². The van der Waals surface area contributed by atoms with Gasteiger partial charge in [0.05, 0.1) is 0 Å². The van der Waals surface area contributed by atoms with Gasteiger partial charge < -0.3 is 14.6 Å². The van der Waals surface area contributed by atoms with E-state index in [1.165, 1.54) is 12.5 Å². The second-order valence-electron chi connectivity index (χ2n) is 9.53. The monoisotopic (exact) mass is 370 g/mol. The van der Waals surface area contributed by atoms with Crippen molar-refractivity contribution >= 4 is 5.78 Å². The second kappa shape index (κ2) is 5.76. The van der Waals surface area contributed by atoms with Crippen molar-refractivity contribution in [3.8, 4) is 17.2 Å². The third kappa shape index (κ3) is 2.67. The SMILES string of the molecule is CC(=O)c1c(O)c(CC=C(C)C)c2c3c1OC(C)(C)[C@H]1CC[C@](C)(C[C@@H]31)O2. The number of hydrogen-bond acceptors (Lipinski definition) is 4. The van der Waals surface area contributed by atoms with Gasteiger partial charge in [0, 0.05) is 23.0 Å². The molecule has 3 atom stereocenters. The Kier molecular flexibility index (Phi) is 3.93. The molecule has 1 aromatic carbocycles. The van der Waals surface area contributed by atoms with E-state index in [1.807, 2.05) is 13.8 Å². The van der Waals surface area contributed by atoms with E-state index in [0.717, 1.165) is 36.1 Å². The zero-order chi connectivity index (χ0) is 19.7. The van der Waals surface area contributed by atoms with Crippen LogP contribution in [0.3, 0.4) is 0 Å². The number of rotatable bonds is 3. The predicted octanol–water partition coefficient (Wildman–Crippen LogP) is 5.31. The van der Waals surface area contributed by atoms with Crippen LogP contribution in [0.25, 0.3) is 0 Å². The standard InChI is InChI=1S/C23H30O4/c1-12(2)7-8-14-19(25)17(13(3)24)21-18-15-11-23(6,27-20(14)18)10-9-16(15)22(4,5)26-21/h7,15-16,25H,8-11H2,1-6H3/t15-,16+,23-/m1/s1. The van der Waals surface area contributed by atoms with Gasteiger partial charge in [-0.05, 0) is 67.2 Å². The van der Waals surface area contributed by atoms with Gasteiger partial charge in [-0.2, -0.15) is 0 Å². The van der Waals surface area contributed by atoms with Gasteiger partial charge in [-0.1, -0.05) is 11.6 Å². The first-order chi connectivity index (χ1) is 12.5. The minimum absolute atomic E-state index is 0.0200. The summed E-state index contributed by atoms with van der Waals surface area (Å²) < 4.78 is 12.9. The number of ketones is 1. The predicted molar refractivity (Wildman–Crippen MR) is 105 cm³/mol. The lowest BCUT2D eigenvalue weighted by atomic mass is 9.61. The van der Waals surface area contributed by atoms with Crippen LogP contribution in [-0.2, 0) is 6.42 Å². The summed E-state index contributed by atoms with van der Waals surface area (Å²) in [6, 6.07) is 0. The number of ether oxygens (including phenoxy) is 2. The molecule has 3 aliphatic rings. The van der Waals surface area contributed by atoms with E-state index in [-0.39, 0.29) is 22.7 Å². The van der Waals surface area contributed by atoms with Gasteiger partial charge in [0.25, 0.3) is 0 Å². The van der Waals surface area contributed by atoms with Crippen LogP contribution in [0.15, 0.2) is 11.6 Å². The minimum atomic E-state index is -0.369. The van der Waals surface area contributed by atoms with E-state index in [4.69, 9.17) is 9.47 Å². The molecular formula is C23H30O4. The fourth-order valence-electron chi connectivity index (χ4n) is 5.33. The van der Waals surface area contributed by atoms with Gasteiger partial charge in [0.1, 0.15) is 34.0 Å². The molecule has 4 nitrogen and oxygen atoms in total. The molecule has 4 rings (SSSR count). The third-order valence-electron chi connectivity index (χ3n) is 6.68. The second-order valence-corrected chi connectivity index (χ2v) is 9.53. The maximum Gasteiger partial charge on any atom is 0.167 e. The van der Waals surface area contributed by atoms with Crippen LogP contribution in [-0.4, -0.2) is 22.1 Å². The van der Waals surface area contributed by atoms with Crippen molar-refractivity contribution in [2.24, 2.45) is 5.92 Å². The number of carbonyl (C=O) groups is 1. The van der Waals surface area contributed by atoms with E-state index >= 15 is 0 Å². The zero-order valence-corrected chi connectivity index (χ0v) is 17.2. The van der Waals surface area contributed by atoms with E-state index in [1.54, 1.807) is 0 Å². The first kappa shape index (κ1) is 18.4. The summed E-state index contributed by atoms with van der Waals surface area (Å²) in [5.74, 6) is 1.85. The molecule has 2 aliphatic heterocycles. The van der Waals surface area contributed by atoms with Crippen LogP contribution >= 0.6 is 0 Å². The van der Waals surface area contributed by atoms with Crippen molar-refractivity contribution in [3.63, 3.8) is 0 Å². The van der Waals surface area contributed by atoms with E-state index in [9.17, 15) is 9.90 Å². The largest absolute Gasteiger partial charge is 0.507 e. The van der Waals surface area contributed by atoms with E-state index in [0.29, 0.717) is 29.6 Å². The molecule has 1 aromatic rings. The molecule has 146 valence electrons. The Morgan fingerprint density at radius 1 is 1.19 bits per heavy atom. The molecule has 1 N–H and O–H groups in total. The Bertz CT molecular complexity index is 860. The van der Waals surface area contributed by atoms with Gasteiger partial charge in [0.2, 0.25) is 0 Å². The summed E-state index contributed by atoms with van der Waals surface area (Å²) in [6.07, 6.45) is 5.59. The lowest BCUT2D eigenvalue weighted by molar-refractivity contribution is -0.0735. The molecule has 1 saturated carbocycles. The molecule has 1 fully saturated rings. The summed E-state index contributed by atoms with van der Waals surface area (Å²) in [7, 11) is 0. The quantitative estimate of drug-likeness (QED) is 0.579. The number of phenolic OH excluding ortho intramolecular Hbond substituents is 1. The van der Waals surface area contributed by atoms with Crippen molar-refractivity contribution in [2.75, 3.05) is 0 Å². The number of carbonyl (C=O) groups excluding carboxylic acids is 1. The summed E-state index contributed by atoms with van der Waals surface area (Å²) >= 11 is 0. The molecule has 0 spiro atoms. The van der Waals surface area contributed by atoms with Gasteiger partial charge >= 0.3 is 0 Å². The van der Waals surface area contributed by atoms with Gasteiger partial charge in [-0.3, -0.25) is 4.79 Å². The van der Waals surface area contributed by atoms with Crippen LogP contribution in [0.1, 0.15) is 88.2 Å². The van der Waals surface area contributed by atoms with Crippen LogP contribution in [0.4, 0.5) is 0 Å². The third-order valence-corrected chi connectivity index (χ3v) is 6.68. The molecule has 2 heterocycles. The highest BCUT2D eigenvalue weighted by Gasteiger charge is 2.55. The van der Waals surface area contributed by atoms with Gasteiger partial charge in [0.15, 0.2) is 5.78 Å². The summed E-state index contributed by atoms with van der Waals surface area (Å²) in [4.78, 5) is 12.5. The smallest absolute Gasteiger partial charge is 0.167 e. The molecule has 0 amide bonds. The van der Waals surface area contributed by atoms with Crippen LogP contribution in [0, 0.1) is 5.92 Å². The normalized spacial score (nSPS) is 29.4. The molecule has 0 radical (unpaired) electrons. The van der Waals surface area contributed by atoms with Gasteiger partial charge in [-0.15, -0.1) is 0 Å². The van der Waals surface area contributed by atoms with Gasteiger partial charge in [-0.25, -0.2) is 0 Å². The lowest BCUT2D eigenvalue weighted by Gasteiger charge is -2.55. The zero-order valence-electron chi connectivity index (χ0n) is 17.2. The Balaban J connectivity index is 2.04. The Morgan fingerprint density at radius 3 is 2.52 bits per heavy atom. The van der Waals surface area contributed by atoms with E-state index < -0.39 is 0 Å². The van der Waals surface area contributed by atoms with Crippen LogP contribution in [0.5, 0.6) is 17.2 Å². The molecule has 0 unspecified atom stereocenters. The average molecular weight is 370 g/mol. The number of allylic oxidation sites excluding steroid dienone is 2. The summed E-state index contributed by atoms with van der Waals surface area (Å²) in [6.45, 7) is 12.0. The fourth-order valence-corrected chi connectivity index (χ4v) is 5.33. The highest BCUT2D eigenvalue weighted by molar-refractivity contribution is 6.01. The molecule has 4 heteroatoms. The summed E-state index contributed by atoms with van der Waals surface area (Å²) in [5.41, 5.74) is 2.63. The Labute approximate surface area is 161 Å². The fraction of sp³-hybridized carbons (Fsp3) is 0.609. The number of Topliss-reactive ketones (excluding diaryl/α,β-unsaturated/α-hetero) is 1. The maximum absolute atomic E-state index is 12.5. The number of phenols is 1. The molecule has 2 bridgehead atoms. The molecule has 27 heavy (non-hydrogen) atoms. The van der Waals surface area contributed by atoms with Crippen molar-refractivity contribution < 1.29 is 19.4 Å². The minimum Gasteiger partial charge on any atom is -0.507 e. The lowest BCUT2D eigenvalue weighted by Crippen LogP contribution is -2.54. The first-order valence-corrected chi connectivity index (χ1v) is 9.98. The number of benzene rings is 1. The number of aromatic hydroxyl groups is 1.